The molecule has 2 aromatic heterocycles. The number of aromatic amines is 1. The van der Waals surface area contributed by atoms with E-state index in [1.54, 1.807) is 18.2 Å². The SMILES string of the molecule is O=C(O)c1cnc(-c2ccc(OCc3ccc(Br)cc3)c(-n3cnnn3)c2)[nH]c1=O. The third kappa shape index (κ3) is 4.10. The van der Waals surface area contributed by atoms with Crippen LogP contribution in [0.25, 0.3) is 17.1 Å². The number of halogens is 1. The van der Waals surface area contributed by atoms with Crippen LogP contribution in [0.3, 0.4) is 0 Å². The van der Waals surface area contributed by atoms with Gasteiger partial charge in [0.25, 0.3) is 5.56 Å². The van der Waals surface area contributed by atoms with Crippen LogP contribution >= 0.6 is 15.9 Å². The number of aromatic nitrogens is 6. The second-order valence-corrected chi connectivity index (χ2v) is 7.05. The van der Waals surface area contributed by atoms with E-state index >= 15 is 0 Å². The Kier molecular flexibility index (Phi) is 5.35. The molecular weight excluding hydrogens is 456 g/mol. The van der Waals surface area contributed by atoms with E-state index in [1.165, 1.54) is 11.0 Å². The van der Waals surface area contributed by atoms with Crippen molar-refractivity contribution in [3.8, 4) is 22.8 Å². The Hall–Kier alpha value is -3.86. The number of carboxylic acids is 1. The zero-order valence-electron chi connectivity index (χ0n) is 15.2. The lowest BCUT2D eigenvalue weighted by Crippen LogP contribution is -2.18. The first-order chi connectivity index (χ1) is 14.5. The normalized spacial score (nSPS) is 10.7. The van der Waals surface area contributed by atoms with E-state index in [1.807, 2.05) is 24.3 Å². The number of ether oxygens (including phenoxy) is 1. The maximum atomic E-state index is 12.0. The Morgan fingerprint density at radius 3 is 2.67 bits per heavy atom. The minimum Gasteiger partial charge on any atom is -0.487 e. The van der Waals surface area contributed by atoms with Gasteiger partial charge in [-0.1, -0.05) is 28.1 Å². The molecule has 0 fully saturated rings. The molecule has 11 heteroatoms. The number of carbonyl (C=O) groups is 1. The topological polar surface area (TPSA) is 136 Å². The van der Waals surface area contributed by atoms with Crippen molar-refractivity contribution in [3.05, 3.63) is 80.9 Å². The highest BCUT2D eigenvalue weighted by Gasteiger charge is 2.14. The highest BCUT2D eigenvalue weighted by atomic mass is 79.9. The van der Waals surface area contributed by atoms with Gasteiger partial charge >= 0.3 is 5.97 Å². The number of tetrazole rings is 1. The van der Waals surface area contributed by atoms with Gasteiger partial charge in [0.05, 0.1) is 0 Å². The van der Waals surface area contributed by atoms with Crippen molar-refractivity contribution < 1.29 is 14.6 Å². The Bertz CT molecular complexity index is 1260. The van der Waals surface area contributed by atoms with Gasteiger partial charge in [0.1, 0.15) is 35.8 Å². The first-order valence-corrected chi connectivity index (χ1v) is 9.38. The van der Waals surface area contributed by atoms with E-state index in [0.29, 0.717) is 23.6 Å². The third-order valence-corrected chi connectivity index (χ3v) is 4.69. The number of nitrogens with one attached hydrogen (secondary N) is 1. The Morgan fingerprint density at radius 1 is 1.20 bits per heavy atom. The summed E-state index contributed by atoms with van der Waals surface area (Å²) in [5.41, 5.74) is 0.853. The monoisotopic (exact) mass is 468 g/mol. The molecule has 0 bridgehead atoms. The molecule has 150 valence electrons. The average molecular weight is 469 g/mol. The van der Waals surface area contributed by atoms with E-state index in [-0.39, 0.29) is 5.82 Å². The Labute approximate surface area is 177 Å². The van der Waals surface area contributed by atoms with Gasteiger partial charge in [0.2, 0.25) is 0 Å². The second kappa shape index (κ2) is 8.25. The van der Waals surface area contributed by atoms with E-state index in [0.717, 1.165) is 16.2 Å². The van der Waals surface area contributed by atoms with E-state index < -0.39 is 17.1 Å². The first kappa shape index (κ1) is 19.5. The van der Waals surface area contributed by atoms with E-state index in [4.69, 9.17) is 9.84 Å². The minimum atomic E-state index is -1.35. The Morgan fingerprint density at radius 2 is 2.00 bits per heavy atom. The molecule has 2 aromatic carbocycles. The molecule has 10 nitrogen and oxygen atoms in total. The summed E-state index contributed by atoms with van der Waals surface area (Å²) >= 11 is 3.40. The molecule has 0 radical (unpaired) electrons. The molecule has 0 aliphatic rings. The van der Waals surface area contributed by atoms with Gasteiger partial charge < -0.3 is 14.8 Å². The van der Waals surface area contributed by atoms with Gasteiger partial charge in [-0.2, -0.15) is 4.68 Å². The highest BCUT2D eigenvalue weighted by Crippen LogP contribution is 2.28. The van der Waals surface area contributed by atoms with Crippen molar-refractivity contribution in [1.29, 1.82) is 0 Å². The fraction of sp³-hybridized carbons (Fsp3) is 0.0526. The molecular formula is C19H13BrN6O4. The van der Waals surface area contributed by atoms with Crippen molar-refractivity contribution in [3.63, 3.8) is 0 Å². The summed E-state index contributed by atoms with van der Waals surface area (Å²) in [7, 11) is 0. The molecule has 0 aliphatic carbocycles. The summed E-state index contributed by atoms with van der Waals surface area (Å²) in [6, 6.07) is 12.8. The molecule has 0 unspecified atom stereocenters. The smallest absolute Gasteiger partial charge is 0.342 e. The molecule has 0 amide bonds. The lowest BCUT2D eigenvalue weighted by Gasteiger charge is -2.13. The van der Waals surface area contributed by atoms with Gasteiger partial charge in [-0.05, 0) is 46.3 Å². The average Bonchev–Trinajstić information content (AvgIpc) is 3.28. The third-order valence-electron chi connectivity index (χ3n) is 4.17. The predicted molar refractivity (Wildman–Crippen MR) is 108 cm³/mol. The molecule has 0 saturated heterocycles. The van der Waals surface area contributed by atoms with Crippen molar-refractivity contribution in [2.45, 2.75) is 6.61 Å². The molecule has 2 N–H and O–H groups in total. The van der Waals surface area contributed by atoms with E-state index in [9.17, 15) is 9.59 Å². The molecule has 2 heterocycles. The summed E-state index contributed by atoms with van der Waals surface area (Å²) in [5, 5.41) is 20.2. The molecule has 4 rings (SSSR count). The summed E-state index contributed by atoms with van der Waals surface area (Å²) in [6.45, 7) is 0.324. The first-order valence-electron chi connectivity index (χ1n) is 8.59. The number of H-pyrrole nitrogens is 1. The molecule has 0 aliphatic heterocycles. The van der Waals surface area contributed by atoms with Crippen molar-refractivity contribution in [2.75, 3.05) is 0 Å². The lowest BCUT2D eigenvalue weighted by atomic mass is 10.1. The number of carboxylic acid groups (broad SMARTS) is 1. The fourth-order valence-electron chi connectivity index (χ4n) is 2.67. The number of hydrogen-bond donors (Lipinski definition) is 2. The summed E-state index contributed by atoms with van der Waals surface area (Å²) in [6.07, 6.45) is 2.43. The van der Waals surface area contributed by atoms with Crippen LogP contribution in [0.5, 0.6) is 5.75 Å². The maximum absolute atomic E-state index is 12.0. The summed E-state index contributed by atoms with van der Waals surface area (Å²) in [4.78, 5) is 29.5. The van der Waals surface area contributed by atoms with E-state index in [2.05, 4.69) is 41.4 Å². The molecule has 0 saturated carbocycles. The summed E-state index contributed by atoms with van der Waals surface area (Å²) < 4.78 is 8.34. The van der Waals surface area contributed by atoms with Crippen LogP contribution in [0.4, 0.5) is 0 Å². The minimum absolute atomic E-state index is 0.207. The van der Waals surface area contributed by atoms with Crippen LogP contribution in [0.1, 0.15) is 15.9 Å². The maximum Gasteiger partial charge on any atom is 0.342 e. The van der Waals surface area contributed by atoms with Crippen LogP contribution < -0.4 is 10.3 Å². The van der Waals surface area contributed by atoms with Gasteiger partial charge in [0, 0.05) is 16.2 Å². The number of hydrogen-bond acceptors (Lipinski definition) is 7. The number of rotatable bonds is 6. The molecule has 30 heavy (non-hydrogen) atoms. The second-order valence-electron chi connectivity index (χ2n) is 6.13. The van der Waals surface area contributed by atoms with Gasteiger partial charge in [0.15, 0.2) is 0 Å². The molecule has 0 spiro atoms. The van der Waals surface area contributed by atoms with Crippen molar-refractivity contribution in [2.24, 2.45) is 0 Å². The fourth-order valence-corrected chi connectivity index (χ4v) is 2.94. The lowest BCUT2D eigenvalue weighted by molar-refractivity contribution is 0.0694. The van der Waals surface area contributed by atoms with Crippen molar-refractivity contribution >= 4 is 21.9 Å². The van der Waals surface area contributed by atoms with Crippen LogP contribution in [-0.2, 0) is 6.61 Å². The number of nitrogens with zero attached hydrogens (tertiary/aromatic N) is 5. The van der Waals surface area contributed by atoms with Gasteiger partial charge in [-0.25, -0.2) is 9.78 Å². The van der Waals surface area contributed by atoms with Crippen molar-refractivity contribution in [1.82, 2.24) is 30.2 Å². The standard InChI is InChI=1S/C19H13BrN6O4/c20-13-4-1-11(2-5-13)9-30-16-6-3-12(7-15(16)26-10-22-24-25-26)17-21-8-14(19(28)29)18(27)23-17/h1-8,10H,9H2,(H,28,29)(H,21,23,27). The van der Waals surface area contributed by atoms with Crippen LogP contribution in [0.2, 0.25) is 0 Å². The zero-order chi connectivity index (χ0) is 21.1. The van der Waals surface area contributed by atoms with Crippen LogP contribution in [0, 0.1) is 0 Å². The molecule has 0 atom stereocenters. The zero-order valence-corrected chi connectivity index (χ0v) is 16.8. The highest BCUT2D eigenvalue weighted by molar-refractivity contribution is 9.10. The molecule has 4 aromatic rings. The van der Waals surface area contributed by atoms with Gasteiger partial charge in [-0.3, -0.25) is 4.79 Å². The predicted octanol–water partition coefficient (Wildman–Crippen LogP) is 2.45. The largest absolute Gasteiger partial charge is 0.487 e. The van der Waals surface area contributed by atoms with Crippen LogP contribution in [0.15, 0.2) is 64.3 Å². The van der Waals surface area contributed by atoms with Gasteiger partial charge in [-0.15, -0.1) is 5.10 Å². The summed E-state index contributed by atoms with van der Waals surface area (Å²) in [5.74, 6) is -0.626. The quantitative estimate of drug-likeness (QED) is 0.440. The number of aromatic carboxylic acids is 1. The van der Waals surface area contributed by atoms with Crippen LogP contribution in [-0.4, -0.2) is 41.3 Å². The number of benzene rings is 2. The Balaban J connectivity index is 1.69.